The van der Waals surface area contributed by atoms with Gasteiger partial charge in [0, 0.05) is 24.5 Å². The van der Waals surface area contributed by atoms with E-state index in [-0.39, 0.29) is 23.8 Å². The Labute approximate surface area is 117 Å². The molecule has 1 aromatic carbocycles. The third-order valence-electron chi connectivity index (χ3n) is 3.74. The molecule has 6 heteroatoms. The monoisotopic (exact) mass is 271 g/mol. The predicted molar refractivity (Wildman–Crippen MR) is 78.5 cm³/mol. The summed E-state index contributed by atoms with van der Waals surface area (Å²) in [4.78, 5) is 15.7. The van der Waals surface area contributed by atoms with Gasteiger partial charge in [0.15, 0.2) is 0 Å². The van der Waals surface area contributed by atoms with Gasteiger partial charge in [-0.25, -0.2) is 9.69 Å². The number of hydrogen-bond donors (Lipinski definition) is 3. The molecule has 0 aromatic heterocycles. The Kier molecular flexibility index (Phi) is 2.93. The van der Waals surface area contributed by atoms with Gasteiger partial charge in [0.1, 0.15) is 5.84 Å². The number of urea groups is 1. The average Bonchev–Trinajstić information content (AvgIpc) is 3.24. The number of anilines is 2. The van der Waals surface area contributed by atoms with Crippen LogP contribution in [0.1, 0.15) is 12.8 Å². The van der Waals surface area contributed by atoms with E-state index in [0.29, 0.717) is 17.9 Å². The highest BCUT2D eigenvalue weighted by Crippen LogP contribution is 2.33. The summed E-state index contributed by atoms with van der Waals surface area (Å²) >= 11 is 0. The molecule has 1 aliphatic heterocycles. The van der Waals surface area contributed by atoms with Gasteiger partial charge >= 0.3 is 6.03 Å². The van der Waals surface area contributed by atoms with Crippen LogP contribution < -0.4 is 10.6 Å². The molecule has 2 aliphatic rings. The van der Waals surface area contributed by atoms with E-state index < -0.39 is 0 Å². The molecule has 104 valence electrons. The van der Waals surface area contributed by atoms with Crippen molar-refractivity contribution in [2.45, 2.75) is 18.9 Å². The third kappa shape index (κ3) is 2.03. The molecule has 0 radical (unpaired) electrons. The normalized spacial score (nSPS) is 23.1. The number of nitrogen functional groups attached to an aromatic ring is 1. The number of carbonyl (C=O) groups is 1. The van der Waals surface area contributed by atoms with E-state index in [4.69, 9.17) is 16.6 Å². The van der Waals surface area contributed by atoms with Crippen LogP contribution in [0, 0.1) is 16.7 Å². The number of carbonyl (C=O) groups excluding carboxylic acids is 1. The molecule has 1 saturated heterocycles. The largest absolute Gasteiger partial charge is 0.399 e. The van der Waals surface area contributed by atoms with Crippen LogP contribution in [-0.2, 0) is 0 Å². The Hall–Kier alpha value is -2.37. The zero-order chi connectivity index (χ0) is 14.3. The van der Waals surface area contributed by atoms with E-state index in [1.807, 2.05) is 0 Å². The fourth-order valence-electron chi connectivity index (χ4n) is 2.51. The number of rotatable bonds is 3. The molecule has 0 spiro atoms. The minimum Gasteiger partial charge on any atom is -0.399 e. The van der Waals surface area contributed by atoms with Gasteiger partial charge in [0.25, 0.3) is 0 Å². The number of nitrogens with one attached hydrogen (secondary N) is 2. The summed E-state index contributed by atoms with van der Waals surface area (Å²) in [7, 11) is 0. The molecule has 20 heavy (non-hydrogen) atoms. The van der Waals surface area contributed by atoms with Crippen LogP contribution in [0.5, 0.6) is 0 Å². The number of hydrogen-bond acceptors (Lipinski definition) is 4. The number of amides is 2. The van der Waals surface area contributed by atoms with Crippen LogP contribution in [0.15, 0.2) is 24.3 Å². The summed E-state index contributed by atoms with van der Waals surface area (Å²) in [5, 5.41) is 15.7. The lowest BCUT2D eigenvalue weighted by Crippen LogP contribution is -2.57. The van der Waals surface area contributed by atoms with Gasteiger partial charge in [-0.05, 0) is 31.0 Å². The van der Waals surface area contributed by atoms with Crippen LogP contribution >= 0.6 is 0 Å². The number of nitrogens with zero attached hydrogens (tertiary/aromatic N) is 2. The number of benzene rings is 1. The lowest BCUT2D eigenvalue weighted by molar-refractivity contribution is 0.199. The third-order valence-corrected chi connectivity index (χ3v) is 3.74. The zero-order valence-electron chi connectivity index (χ0n) is 11.0. The predicted octanol–water partition coefficient (Wildman–Crippen LogP) is 1.92. The van der Waals surface area contributed by atoms with Crippen molar-refractivity contribution >= 4 is 29.5 Å². The highest BCUT2D eigenvalue weighted by Gasteiger charge is 2.43. The SMILES string of the molecule is N=CC1CN(C2CC2)C(=O)N(c2cccc(N)c2)C1=N. The number of amidine groups is 1. The summed E-state index contributed by atoms with van der Waals surface area (Å²) < 4.78 is 0. The van der Waals surface area contributed by atoms with Gasteiger partial charge in [0.2, 0.25) is 0 Å². The second kappa shape index (κ2) is 4.63. The average molecular weight is 271 g/mol. The molecular weight excluding hydrogens is 254 g/mol. The van der Waals surface area contributed by atoms with E-state index >= 15 is 0 Å². The Morgan fingerprint density at radius 3 is 2.70 bits per heavy atom. The van der Waals surface area contributed by atoms with Crippen molar-refractivity contribution in [1.82, 2.24) is 4.90 Å². The number of nitrogens with two attached hydrogens (primary N) is 1. The van der Waals surface area contributed by atoms with Crippen molar-refractivity contribution in [2.75, 3.05) is 17.2 Å². The first-order valence-electron chi connectivity index (χ1n) is 6.67. The van der Waals surface area contributed by atoms with Gasteiger partial charge in [0.05, 0.1) is 11.6 Å². The molecule has 0 bridgehead atoms. The van der Waals surface area contributed by atoms with Gasteiger partial charge in [-0.2, -0.15) is 0 Å². The first kappa shape index (κ1) is 12.7. The van der Waals surface area contributed by atoms with E-state index in [1.54, 1.807) is 29.2 Å². The van der Waals surface area contributed by atoms with Gasteiger partial charge in [-0.15, -0.1) is 0 Å². The molecule has 6 nitrogen and oxygen atoms in total. The Morgan fingerprint density at radius 1 is 1.35 bits per heavy atom. The first-order valence-corrected chi connectivity index (χ1v) is 6.67. The fourth-order valence-corrected chi connectivity index (χ4v) is 2.51. The molecule has 1 unspecified atom stereocenters. The molecule has 2 amide bonds. The molecule has 1 atom stereocenters. The van der Waals surface area contributed by atoms with Crippen LogP contribution in [0.25, 0.3) is 0 Å². The summed E-state index contributed by atoms with van der Waals surface area (Å²) in [6, 6.07) is 7.04. The van der Waals surface area contributed by atoms with Crippen LogP contribution in [0.4, 0.5) is 16.2 Å². The fraction of sp³-hybridized carbons (Fsp3) is 0.357. The van der Waals surface area contributed by atoms with Crippen LogP contribution in [0.3, 0.4) is 0 Å². The second-order valence-electron chi connectivity index (χ2n) is 5.25. The summed E-state index contributed by atoms with van der Waals surface area (Å²) in [6.07, 6.45) is 3.26. The standard InChI is InChI=1S/C14H17N5O/c15-7-9-8-18(11-4-5-11)14(20)19(13(9)17)12-3-1-2-10(16)6-12/h1-3,6-7,9,11,15,17H,4-5,8,16H2. The van der Waals surface area contributed by atoms with Crippen LogP contribution in [0.2, 0.25) is 0 Å². The van der Waals surface area contributed by atoms with E-state index in [2.05, 4.69) is 0 Å². The summed E-state index contributed by atoms with van der Waals surface area (Å²) in [5.41, 5.74) is 6.91. The first-order chi connectivity index (χ1) is 9.61. The lowest BCUT2D eigenvalue weighted by atomic mass is 10.0. The molecule has 4 N–H and O–H groups in total. The van der Waals surface area contributed by atoms with Crippen molar-refractivity contribution < 1.29 is 4.79 Å². The van der Waals surface area contributed by atoms with Gasteiger partial charge < -0.3 is 16.0 Å². The maximum Gasteiger partial charge on any atom is 0.330 e. The highest BCUT2D eigenvalue weighted by molar-refractivity contribution is 6.21. The topological polar surface area (TPSA) is 97.3 Å². The molecule has 1 saturated carbocycles. The van der Waals surface area contributed by atoms with Gasteiger partial charge in [-0.3, -0.25) is 5.41 Å². The smallest absolute Gasteiger partial charge is 0.330 e. The Bertz CT molecular complexity index is 581. The summed E-state index contributed by atoms with van der Waals surface area (Å²) in [6.45, 7) is 0.435. The molecule has 1 aromatic rings. The Morgan fingerprint density at radius 2 is 2.10 bits per heavy atom. The van der Waals surface area contributed by atoms with Crippen molar-refractivity contribution in [3.05, 3.63) is 24.3 Å². The second-order valence-corrected chi connectivity index (χ2v) is 5.25. The van der Waals surface area contributed by atoms with E-state index in [9.17, 15) is 4.79 Å². The van der Waals surface area contributed by atoms with E-state index in [1.165, 1.54) is 11.1 Å². The minimum absolute atomic E-state index is 0.146. The van der Waals surface area contributed by atoms with Crippen molar-refractivity contribution in [3.63, 3.8) is 0 Å². The van der Waals surface area contributed by atoms with Crippen molar-refractivity contribution in [3.8, 4) is 0 Å². The maximum atomic E-state index is 12.6. The molecule has 1 aliphatic carbocycles. The van der Waals surface area contributed by atoms with Crippen molar-refractivity contribution in [1.29, 1.82) is 10.8 Å². The highest BCUT2D eigenvalue weighted by atomic mass is 16.2. The van der Waals surface area contributed by atoms with Crippen LogP contribution in [-0.4, -0.2) is 35.6 Å². The van der Waals surface area contributed by atoms with Gasteiger partial charge in [-0.1, -0.05) is 6.07 Å². The maximum absolute atomic E-state index is 12.6. The quantitative estimate of drug-likeness (QED) is 0.578. The minimum atomic E-state index is -0.352. The molecule has 2 fully saturated rings. The molecular formula is C14H17N5O. The lowest BCUT2D eigenvalue weighted by Gasteiger charge is -2.39. The Balaban J connectivity index is 1.98. The molecule has 3 rings (SSSR count). The summed E-state index contributed by atoms with van der Waals surface area (Å²) in [5.74, 6) is -0.206. The van der Waals surface area contributed by atoms with Crippen molar-refractivity contribution in [2.24, 2.45) is 5.92 Å². The zero-order valence-corrected chi connectivity index (χ0v) is 11.0. The molecule has 1 heterocycles. The van der Waals surface area contributed by atoms with E-state index in [0.717, 1.165) is 12.8 Å².